The molecule has 3 heteroatoms. The Morgan fingerprint density at radius 1 is 0.850 bits per heavy atom. The summed E-state index contributed by atoms with van der Waals surface area (Å²) in [6, 6.07) is 0. The van der Waals surface area contributed by atoms with Crippen LogP contribution in [0, 0.1) is 5.92 Å². The summed E-state index contributed by atoms with van der Waals surface area (Å²) in [4.78, 5) is 23.9. The van der Waals surface area contributed by atoms with E-state index in [-0.39, 0.29) is 11.8 Å². The van der Waals surface area contributed by atoms with Crippen molar-refractivity contribution in [2.24, 2.45) is 5.92 Å². The molecule has 1 unspecified atom stereocenters. The number of ketones is 1. The number of carbonyl (C=O) groups excluding carboxylic acids is 2. The Bertz CT molecular complexity index is 286. The van der Waals surface area contributed by atoms with Crippen molar-refractivity contribution >= 4 is 11.8 Å². The lowest BCUT2D eigenvalue weighted by Gasteiger charge is -2.13. The van der Waals surface area contributed by atoms with Gasteiger partial charge in [0.1, 0.15) is 11.7 Å². The third-order valence-electron chi connectivity index (χ3n) is 4.29. The number of hydrogen-bond acceptors (Lipinski definition) is 3. The van der Waals surface area contributed by atoms with Crippen molar-refractivity contribution in [3.63, 3.8) is 0 Å². The molecule has 1 aliphatic carbocycles. The maximum Gasteiger partial charge on any atom is 0.316 e. The minimum Gasteiger partial charge on any atom is -0.468 e. The van der Waals surface area contributed by atoms with E-state index in [2.05, 4.69) is 0 Å². The summed E-state index contributed by atoms with van der Waals surface area (Å²) in [5, 5.41) is 0. The van der Waals surface area contributed by atoms with Gasteiger partial charge in [0.05, 0.1) is 7.11 Å². The van der Waals surface area contributed by atoms with E-state index in [4.69, 9.17) is 4.74 Å². The molecule has 1 atom stereocenters. The van der Waals surface area contributed by atoms with Gasteiger partial charge in [0.15, 0.2) is 0 Å². The molecule has 0 heterocycles. The van der Waals surface area contributed by atoms with Crippen molar-refractivity contribution in [2.45, 2.75) is 83.5 Å². The Hall–Kier alpha value is -0.860. The molecule has 3 nitrogen and oxygen atoms in total. The van der Waals surface area contributed by atoms with Crippen LogP contribution in [0.15, 0.2) is 0 Å². The summed E-state index contributed by atoms with van der Waals surface area (Å²) in [5.41, 5.74) is 0. The summed E-state index contributed by atoms with van der Waals surface area (Å²) >= 11 is 0. The number of ether oxygens (including phenoxy) is 1. The molecule has 0 aromatic carbocycles. The molecule has 1 saturated carbocycles. The molecule has 0 spiro atoms. The van der Waals surface area contributed by atoms with Gasteiger partial charge in [-0.1, -0.05) is 64.2 Å². The fourth-order valence-electron chi connectivity index (χ4n) is 2.97. The van der Waals surface area contributed by atoms with Gasteiger partial charge in [-0.05, 0) is 12.8 Å². The zero-order chi connectivity index (χ0) is 14.6. The minimum absolute atomic E-state index is 0.0896. The van der Waals surface area contributed by atoms with Gasteiger partial charge in [-0.3, -0.25) is 9.59 Å². The van der Waals surface area contributed by atoms with Crippen LogP contribution in [0.4, 0.5) is 0 Å². The molecule has 0 aromatic rings. The van der Waals surface area contributed by atoms with Crippen LogP contribution in [0.25, 0.3) is 0 Å². The van der Waals surface area contributed by atoms with E-state index in [9.17, 15) is 9.59 Å². The highest BCUT2D eigenvalue weighted by Gasteiger charge is 2.26. The molecule has 0 bridgehead atoms. The van der Waals surface area contributed by atoms with Crippen LogP contribution in [0.2, 0.25) is 0 Å². The third-order valence-corrected chi connectivity index (χ3v) is 4.29. The van der Waals surface area contributed by atoms with Gasteiger partial charge in [0, 0.05) is 6.42 Å². The number of hydrogen-bond donors (Lipinski definition) is 0. The first-order valence-electron chi connectivity index (χ1n) is 8.36. The predicted octanol–water partition coefficient (Wildman–Crippen LogP) is 4.43. The van der Waals surface area contributed by atoms with Gasteiger partial charge in [-0.25, -0.2) is 0 Å². The first-order chi connectivity index (χ1) is 9.75. The number of methoxy groups -OCH3 is 1. The molecule has 0 aromatic heterocycles. The largest absolute Gasteiger partial charge is 0.468 e. The molecule has 0 amide bonds. The normalized spacial score (nSPS) is 24.4. The zero-order valence-corrected chi connectivity index (χ0v) is 13.0. The highest BCUT2D eigenvalue weighted by Crippen LogP contribution is 2.19. The molecule has 1 aliphatic rings. The number of rotatable bonds is 1. The van der Waals surface area contributed by atoms with Crippen molar-refractivity contribution in [1.29, 1.82) is 0 Å². The van der Waals surface area contributed by atoms with Gasteiger partial charge >= 0.3 is 5.97 Å². The quantitative estimate of drug-likeness (QED) is 0.528. The van der Waals surface area contributed by atoms with Crippen molar-refractivity contribution < 1.29 is 14.3 Å². The van der Waals surface area contributed by atoms with E-state index < -0.39 is 5.92 Å². The summed E-state index contributed by atoms with van der Waals surface area (Å²) < 4.78 is 4.79. The Kier molecular flexibility index (Phi) is 9.35. The molecule has 0 aliphatic heterocycles. The van der Waals surface area contributed by atoms with Crippen LogP contribution in [-0.4, -0.2) is 18.9 Å². The zero-order valence-electron chi connectivity index (χ0n) is 13.0. The predicted molar refractivity (Wildman–Crippen MR) is 80.5 cm³/mol. The van der Waals surface area contributed by atoms with E-state index in [0.717, 1.165) is 25.7 Å². The van der Waals surface area contributed by atoms with Crippen molar-refractivity contribution in [1.82, 2.24) is 0 Å². The van der Waals surface area contributed by atoms with Gasteiger partial charge in [-0.2, -0.15) is 0 Å². The molecular formula is C17H30O3. The fraction of sp³-hybridized carbons (Fsp3) is 0.882. The number of esters is 1. The minimum atomic E-state index is -0.509. The summed E-state index contributed by atoms with van der Waals surface area (Å²) in [7, 11) is 1.38. The second-order valence-electron chi connectivity index (χ2n) is 5.97. The maximum atomic E-state index is 12.2. The summed E-state index contributed by atoms with van der Waals surface area (Å²) in [6.45, 7) is 0. The van der Waals surface area contributed by atoms with E-state index in [1.165, 1.54) is 52.1 Å². The average molecular weight is 282 g/mol. The molecule has 0 N–H and O–H groups in total. The summed E-state index contributed by atoms with van der Waals surface area (Å²) in [6.07, 6.45) is 14.4. The molecular weight excluding hydrogens is 252 g/mol. The highest BCUT2D eigenvalue weighted by molar-refractivity contribution is 5.98. The van der Waals surface area contributed by atoms with E-state index in [0.29, 0.717) is 12.8 Å². The van der Waals surface area contributed by atoms with Crippen LogP contribution >= 0.6 is 0 Å². The molecule has 116 valence electrons. The highest BCUT2D eigenvalue weighted by atomic mass is 16.5. The van der Waals surface area contributed by atoms with Crippen LogP contribution in [-0.2, 0) is 14.3 Å². The Labute approximate surface area is 123 Å². The van der Waals surface area contributed by atoms with E-state index in [1.54, 1.807) is 0 Å². The molecule has 0 saturated heterocycles. The first-order valence-corrected chi connectivity index (χ1v) is 8.36. The molecule has 20 heavy (non-hydrogen) atoms. The Morgan fingerprint density at radius 2 is 1.30 bits per heavy atom. The molecule has 0 radical (unpaired) electrons. The smallest absolute Gasteiger partial charge is 0.316 e. The van der Waals surface area contributed by atoms with Crippen LogP contribution < -0.4 is 0 Å². The first kappa shape index (κ1) is 17.2. The van der Waals surface area contributed by atoms with Crippen LogP contribution in [0.3, 0.4) is 0 Å². The van der Waals surface area contributed by atoms with E-state index in [1.807, 2.05) is 0 Å². The molecule has 1 rings (SSSR count). The lowest BCUT2D eigenvalue weighted by molar-refractivity contribution is -0.149. The number of carbonyl (C=O) groups is 2. The lowest BCUT2D eigenvalue weighted by Crippen LogP contribution is -2.25. The van der Waals surface area contributed by atoms with Crippen LogP contribution in [0.1, 0.15) is 83.5 Å². The van der Waals surface area contributed by atoms with Gasteiger partial charge in [0.2, 0.25) is 0 Å². The average Bonchev–Trinajstić information content (AvgIpc) is 2.46. The van der Waals surface area contributed by atoms with Crippen molar-refractivity contribution in [2.75, 3.05) is 7.11 Å². The van der Waals surface area contributed by atoms with Crippen LogP contribution in [0.5, 0.6) is 0 Å². The Balaban J connectivity index is 2.46. The van der Waals surface area contributed by atoms with Crippen molar-refractivity contribution in [3.05, 3.63) is 0 Å². The topological polar surface area (TPSA) is 43.4 Å². The van der Waals surface area contributed by atoms with Crippen molar-refractivity contribution in [3.8, 4) is 0 Å². The second-order valence-corrected chi connectivity index (χ2v) is 5.97. The SMILES string of the molecule is COC(=O)C1CCCCCCCCCCCCCC1=O. The standard InChI is InChI=1S/C17H30O3/c1-20-17(19)15-13-11-9-7-5-3-2-4-6-8-10-12-14-16(15)18/h15H,2-14H2,1H3. The second kappa shape index (κ2) is 10.9. The maximum absolute atomic E-state index is 12.2. The van der Waals surface area contributed by atoms with Gasteiger partial charge in [0.25, 0.3) is 0 Å². The van der Waals surface area contributed by atoms with E-state index >= 15 is 0 Å². The number of Topliss-reactive ketones (excluding diaryl/α,β-unsaturated/α-hetero) is 1. The monoisotopic (exact) mass is 282 g/mol. The van der Waals surface area contributed by atoms with Gasteiger partial charge in [-0.15, -0.1) is 0 Å². The Morgan fingerprint density at radius 3 is 1.80 bits per heavy atom. The lowest BCUT2D eigenvalue weighted by atomic mass is 9.93. The third kappa shape index (κ3) is 7.06. The molecule has 1 fully saturated rings. The fourth-order valence-corrected chi connectivity index (χ4v) is 2.97. The summed E-state index contributed by atoms with van der Waals surface area (Å²) in [5.74, 6) is -0.754. The van der Waals surface area contributed by atoms with Gasteiger partial charge < -0.3 is 4.74 Å².